The molecule has 0 aromatic carbocycles. The van der Waals surface area contributed by atoms with Crippen LogP contribution in [0.5, 0.6) is 5.88 Å². The second-order valence-corrected chi connectivity index (χ2v) is 10.2. The number of nitrogens with zero attached hydrogens (tertiary/aromatic N) is 2. The number of thiophene rings is 1. The third kappa shape index (κ3) is 10.8. The van der Waals surface area contributed by atoms with E-state index in [0.717, 1.165) is 10.7 Å². The second kappa shape index (κ2) is 15.5. The molecule has 0 saturated heterocycles. The summed E-state index contributed by atoms with van der Waals surface area (Å²) in [5, 5.41) is 3.57. The van der Waals surface area contributed by atoms with Gasteiger partial charge in [-0.1, -0.05) is 27.2 Å². The van der Waals surface area contributed by atoms with E-state index < -0.39 is 0 Å². The Labute approximate surface area is 214 Å². The molecule has 2 amide bonds. The van der Waals surface area contributed by atoms with Gasteiger partial charge in [0.05, 0.1) is 5.39 Å². The molecule has 0 atom stereocenters. The van der Waals surface area contributed by atoms with Crippen molar-refractivity contribution in [2.75, 3.05) is 7.05 Å². The van der Waals surface area contributed by atoms with Gasteiger partial charge in [0.15, 0.2) is 0 Å². The van der Waals surface area contributed by atoms with Gasteiger partial charge in [-0.3, -0.25) is 4.79 Å². The van der Waals surface area contributed by atoms with Crippen LogP contribution in [-0.2, 0) is 22.4 Å². The van der Waals surface area contributed by atoms with Crippen molar-refractivity contribution in [3.05, 3.63) is 16.8 Å². The number of carbonyl (C=O) groups is 2. The van der Waals surface area contributed by atoms with E-state index in [1.807, 2.05) is 46.0 Å². The number of nitrogens with two attached hydrogens (primary N) is 1. The van der Waals surface area contributed by atoms with E-state index in [0.29, 0.717) is 12.5 Å². The molecule has 9 heteroatoms. The highest BCUT2D eigenvalue weighted by Crippen LogP contribution is 2.40. The topological polar surface area (TPSA) is 116 Å². The van der Waals surface area contributed by atoms with Crippen LogP contribution in [0, 0.1) is 0 Å². The molecule has 4 rings (SSSR count). The Hall–Kier alpha value is -2.42. The highest BCUT2D eigenvalue weighted by atomic mass is 32.1. The first-order valence-electron chi connectivity index (χ1n) is 12.8. The fraction of sp³-hybridized carbons (Fsp3) is 0.692. The van der Waals surface area contributed by atoms with Crippen molar-refractivity contribution in [3.63, 3.8) is 0 Å². The molecule has 8 nitrogen and oxygen atoms in total. The van der Waals surface area contributed by atoms with Gasteiger partial charge in [-0.2, -0.15) is 0 Å². The Balaban J connectivity index is 0.000000323. The van der Waals surface area contributed by atoms with Crippen LogP contribution >= 0.6 is 11.3 Å². The number of aromatic nitrogens is 2. The minimum absolute atomic E-state index is 0.245. The summed E-state index contributed by atoms with van der Waals surface area (Å²) >= 11 is 1.83. The molecule has 198 valence electrons. The molecule has 2 heterocycles. The number of fused-ring (bicyclic) bond motifs is 3. The van der Waals surface area contributed by atoms with E-state index in [1.165, 1.54) is 74.2 Å². The predicted molar refractivity (Wildman–Crippen MR) is 143 cm³/mol. The molecular weight excluding hydrogens is 464 g/mol. The third-order valence-corrected chi connectivity index (χ3v) is 6.45. The number of ether oxygens (including phenoxy) is 2. The van der Waals surface area contributed by atoms with Crippen molar-refractivity contribution in [1.29, 1.82) is 0 Å². The lowest BCUT2D eigenvalue weighted by Gasteiger charge is -2.22. The number of hydrogen-bond donors (Lipinski definition) is 2. The molecule has 0 unspecified atom stereocenters. The van der Waals surface area contributed by atoms with E-state index in [9.17, 15) is 9.59 Å². The number of hydrogen-bond acceptors (Lipinski definition) is 7. The maximum Gasteiger partial charge on any atom is 0.407 e. The summed E-state index contributed by atoms with van der Waals surface area (Å²) in [6.07, 6.45) is 12.0. The molecule has 0 spiro atoms. The van der Waals surface area contributed by atoms with Crippen LogP contribution in [0.25, 0.3) is 10.2 Å². The van der Waals surface area contributed by atoms with Crippen LogP contribution in [0.4, 0.5) is 4.79 Å². The first-order chi connectivity index (χ1) is 16.6. The lowest BCUT2D eigenvalue weighted by Crippen LogP contribution is -2.30. The van der Waals surface area contributed by atoms with Crippen molar-refractivity contribution in [2.45, 2.75) is 111 Å². The highest BCUT2D eigenvalue weighted by molar-refractivity contribution is 7.18. The zero-order valence-electron chi connectivity index (χ0n) is 22.5. The molecule has 0 bridgehead atoms. The van der Waals surface area contributed by atoms with Gasteiger partial charge >= 0.3 is 6.09 Å². The van der Waals surface area contributed by atoms with E-state index in [-0.39, 0.29) is 17.6 Å². The Morgan fingerprint density at radius 1 is 1.11 bits per heavy atom. The quantitative estimate of drug-likeness (QED) is 0.530. The Kier molecular flexibility index (Phi) is 13.6. The lowest BCUT2D eigenvalue weighted by atomic mass is 9.98. The Bertz CT molecular complexity index is 918. The van der Waals surface area contributed by atoms with Gasteiger partial charge in [-0.25, -0.2) is 14.8 Å². The Morgan fingerprint density at radius 3 is 2.26 bits per heavy atom. The highest BCUT2D eigenvalue weighted by Gasteiger charge is 2.24. The smallest absolute Gasteiger partial charge is 0.407 e. The van der Waals surface area contributed by atoms with Gasteiger partial charge in [0.1, 0.15) is 22.9 Å². The maximum atomic E-state index is 10.5. The van der Waals surface area contributed by atoms with Crippen molar-refractivity contribution in [2.24, 2.45) is 5.73 Å². The van der Waals surface area contributed by atoms with Crippen LogP contribution in [0.15, 0.2) is 6.33 Å². The largest absolute Gasteiger partial charge is 0.474 e. The van der Waals surface area contributed by atoms with Gasteiger partial charge in [0, 0.05) is 18.3 Å². The van der Waals surface area contributed by atoms with Crippen LogP contribution < -0.4 is 15.8 Å². The summed E-state index contributed by atoms with van der Waals surface area (Å²) in [6, 6.07) is 0. The lowest BCUT2D eigenvalue weighted by molar-refractivity contribution is -0.117. The first-order valence-corrected chi connectivity index (χ1v) is 13.6. The summed E-state index contributed by atoms with van der Waals surface area (Å²) in [5.74, 6) is 0.598. The number of rotatable bonds is 3. The number of amides is 2. The van der Waals surface area contributed by atoms with Crippen LogP contribution in [0.1, 0.15) is 96.9 Å². The van der Waals surface area contributed by atoms with Gasteiger partial charge in [-0.15, -0.1) is 11.3 Å². The van der Waals surface area contributed by atoms with Crippen molar-refractivity contribution >= 4 is 33.6 Å². The molecule has 1 fully saturated rings. The average molecular weight is 509 g/mol. The second-order valence-electron chi connectivity index (χ2n) is 9.17. The van der Waals surface area contributed by atoms with Crippen molar-refractivity contribution < 1.29 is 19.1 Å². The number of aryl methyl sites for hydroxylation is 2. The standard InChI is InChI=1S/C15H18N2OS.C6H13NO2.C3H7NO.C2H6/c1-2-5-10(6-3-1)18-14-13-11-7-4-8-12(11)19-15(13)17-9-16-14;1-6(2,3)9-5(8)7-4;1-2-3(4)5;1-2/h9-10H,1-8H2;1-4H3,(H,7,8);2H2,1H3,(H2,4,5);1-2H3. The maximum absolute atomic E-state index is 10.5. The Morgan fingerprint density at radius 2 is 1.74 bits per heavy atom. The molecule has 2 aliphatic carbocycles. The van der Waals surface area contributed by atoms with Gasteiger partial charge in [0.2, 0.25) is 11.8 Å². The molecule has 0 aliphatic heterocycles. The van der Waals surface area contributed by atoms with Gasteiger partial charge < -0.3 is 20.5 Å². The van der Waals surface area contributed by atoms with Crippen molar-refractivity contribution in [1.82, 2.24) is 15.3 Å². The molecular formula is C26H44N4O4S. The van der Waals surface area contributed by atoms with Crippen LogP contribution in [-0.4, -0.2) is 40.7 Å². The molecule has 3 N–H and O–H groups in total. The van der Waals surface area contributed by atoms with E-state index in [4.69, 9.17) is 9.47 Å². The summed E-state index contributed by atoms with van der Waals surface area (Å²) in [6.45, 7) is 11.2. The molecule has 2 aliphatic rings. The number of carbonyl (C=O) groups excluding carboxylic acids is 2. The number of nitrogens with one attached hydrogen (secondary N) is 1. The minimum Gasteiger partial charge on any atom is -0.474 e. The van der Waals surface area contributed by atoms with Gasteiger partial charge in [-0.05, 0) is 71.3 Å². The van der Waals surface area contributed by atoms with E-state index in [1.54, 1.807) is 13.3 Å². The van der Waals surface area contributed by atoms with E-state index >= 15 is 0 Å². The monoisotopic (exact) mass is 508 g/mol. The van der Waals surface area contributed by atoms with Gasteiger partial charge in [0.25, 0.3) is 0 Å². The zero-order chi connectivity index (χ0) is 26.4. The summed E-state index contributed by atoms with van der Waals surface area (Å²) in [7, 11) is 1.54. The molecule has 2 aromatic rings. The van der Waals surface area contributed by atoms with Crippen molar-refractivity contribution in [3.8, 4) is 5.88 Å². The fourth-order valence-corrected chi connectivity index (χ4v) is 4.88. The zero-order valence-corrected chi connectivity index (χ0v) is 23.3. The summed E-state index contributed by atoms with van der Waals surface area (Å²) < 4.78 is 11.0. The SMILES string of the molecule is CC.CCC(N)=O.CNC(=O)OC(C)(C)C.c1nc(OC2CCCCC2)c2c3c(sc2n1)CCC3. The molecule has 2 aromatic heterocycles. The fourth-order valence-electron chi connectivity index (χ4n) is 3.66. The van der Waals surface area contributed by atoms with E-state index in [2.05, 4.69) is 21.0 Å². The average Bonchev–Trinajstić information content (AvgIpc) is 3.42. The normalized spacial score (nSPS) is 14.7. The molecule has 0 radical (unpaired) electrons. The predicted octanol–water partition coefficient (Wildman–Crippen LogP) is 5.94. The third-order valence-electron chi connectivity index (χ3n) is 5.25. The number of alkyl carbamates (subject to hydrolysis) is 1. The first kappa shape index (κ1) is 30.6. The number of primary amides is 1. The molecule has 35 heavy (non-hydrogen) atoms. The van der Waals surface area contributed by atoms with Crippen LogP contribution in [0.2, 0.25) is 0 Å². The summed E-state index contributed by atoms with van der Waals surface area (Å²) in [4.78, 5) is 31.6. The van der Waals surface area contributed by atoms with Crippen LogP contribution in [0.3, 0.4) is 0 Å². The minimum atomic E-state index is -0.389. The summed E-state index contributed by atoms with van der Waals surface area (Å²) in [5.41, 5.74) is 5.73. The molecule has 1 saturated carbocycles.